The second-order valence-corrected chi connectivity index (χ2v) is 4.90. The van der Waals surface area contributed by atoms with Crippen LogP contribution in [0.25, 0.3) is 0 Å². The molecule has 1 spiro atoms. The molecule has 4 nitrogen and oxygen atoms in total. The van der Waals surface area contributed by atoms with E-state index in [1.807, 2.05) is 14.0 Å². The maximum absolute atomic E-state index is 12.0. The van der Waals surface area contributed by atoms with Crippen LogP contribution in [0, 0.1) is 5.41 Å². The van der Waals surface area contributed by atoms with Crippen LogP contribution in [-0.2, 0) is 4.79 Å². The zero-order valence-electron chi connectivity index (χ0n) is 10.3. The highest BCUT2D eigenvalue weighted by Crippen LogP contribution is 2.38. The number of amides is 1. The molecule has 4 heteroatoms. The number of hydrogen-bond acceptors (Lipinski definition) is 2. The Morgan fingerprint density at radius 3 is 2.62 bits per heavy atom. The lowest BCUT2D eigenvalue weighted by Crippen LogP contribution is -2.52. The Morgan fingerprint density at radius 1 is 1.38 bits per heavy atom. The lowest BCUT2D eigenvalue weighted by molar-refractivity contribution is -0.136. The number of likely N-dealkylation sites (tertiary alicyclic amines) is 1. The minimum atomic E-state index is -0.0667. The van der Waals surface area contributed by atoms with E-state index >= 15 is 0 Å². The van der Waals surface area contributed by atoms with Crippen LogP contribution < -0.4 is 5.32 Å². The normalized spacial score (nSPS) is 25.8. The van der Waals surface area contributed by atoms with Crippen LogP contribution >= 0.6 is 0 Å². The number of nitrogens with zero attached hydrogens (tertiary/aromatic N) is 2. The average molecular weight is 223 g/mol. The number of carbonyl (C=O) groups is 1. The predicted molar refractivity (Wildman–Crippen MR) is 64.5 cm³/mol. The van der Waals surface area contributed by atoms with Crippen LogP contribution in [0.4, 0.5) is 0 Å². The minimum Gasteiger partial charge on any atom is -0.361 e. The van der Waals surface area contributed by atoms with Gasteiger partial charge in [-0.15, -0.1) is 0 Å². The van der Waals surface area contributed by atoms with Crippen molar-refractivity contribution in [3.05, 3.63) is 0 Å². The standard InChI is InChI=1S/C12H21N3O/c1-10(13-2)15-8-5-12(6-9-15)4-3-7-14-11(12)16/h3-9H2,1-2H3,(H,14,16). The molecule has 2 fully saturated rings. The summed E-state index contributed by atoms with van der Waals surface area (Å²) in [6, 6.07) is 0. The van der Waals surface area contributed by atoms with Crippen molar-refractivity contribution in [1.82, 2.24) is 10.2 Å². The van der Waals surface area contributed by atoms with Gasteiger partial charge in [0.1, 0.15) is 0 Å². The van der Waals surface area contributed by atoms with Gasteiger partial charge in [-0.2, -0.15) is 0 Å². The van der Waals surface area contributed by atoms with E-state index in [2.05, 4.69) is 15.2 Å². The summed E-state index contributed by atoms with van der Waals surface area (Å²) in [6.07, 6.45) is 4.15. The number of hydrogen-bond donors (Lipinski definition) is 1. The fraction of sp³-hybridized carbons (Fsp3) is 0.833. The van der Waals surface area contributed by atoms with Gasteiger partial charge in [-0.1, -0.05) is 0 Å². The second-order valence-electron chi connectivity index (χ2n) is 4.90. The van der Waals surface area contributed by atoms with E-state index in [0.717, 1.165) is 51.2 Å². The van der Waals surface area contributed by atoms with Crippen molar-refractivity contribution in [3.8, 4) is 0 Å². The van der Waals surface area contributed by atoms with Gasteiger partial charge in [0.25, 0.3) is 0 Å². The molecule has 2 saturated heterocycles. The van der Waals surface area contributed by atoms with E-state index < -0.39 is 0 Å². The molecule has 1 N–H and O–H groups in total. The average Bonchev–Trinajstić information content (AvgIpc) is 2.33. The number of carbonyl (C=O) groups excluding carboxylic acids is 1. The van der Waals surface area contributed by atoms with Gasteiger partial charge < -0.3 is 10.2 Å². The number of piperidine rings is 2. The molecule has 0 aromatic rings. The maximum Gasteiger partial charge on any atom is 0.226 e. The quantitative estimate of drug-likeness (QED) is 0.492. The highest BCUT2D eigenvalue weighted by Gasteiger charge is 2.42. The molecule has 0 radical (unpaired) electrons. The van der Waals surface area contributed by atoms with E-state index in [1.165, 1.54) is 0 Å². The summed E-state index contributed by atoms with van der Waals surface area (Å²) in [5, 5.41) is 3.01. The summed E-state index contributed by atoms with van der Waals surface area (Å²) in [6.45, 7) is 4.84. The molecule has 0 aromatic heterocycles. The minimum absolute atomic E-state index is 0.0667. The van der Waals surface area contributed by atoms with Gasteiger partial charge in [0, 0.05) is 26.7 Å². The van der Waals surface area contributed by atoms with Gasteiger partial charge in [-0.25, -0.2) is 0 Å². The first-order valence-corrected chi connectivity index (χ1v) is 6.15. The fourth-order valence-electron chi connectivity index (χ4n) is 2.81. The summed E-state index contributed by atoms with van der Waals surface area (Å²) in [5.74, 6) is 1.37. The predicted octanol–water partition coefficient (Wildman–Crippen LogP) is 1.03. The lowest BCUT2D eigenvalue weighted by Gasteiger charge is -2.43. The molecule has 0 atom stereocenters. The molecule has 0 unspecified atom stereocenters. The molecule has 2 aliphatic heterocycles. The van der Waals surface area contributed by atoms with Gasteiger partial charge in [0.15, 0.2) is 0 Å². The third-order valence-electron chi connectivity index (χ3n) is 4.10. The van der Waals surface area contributed by atoms with E-state index in [4.69, 9.17) is 0 Å². The zero-order valence-corrected chi connectivity index (χ0v) is 10.3. The monoisotopic (exact) mass is 223 g/mol. The van der Waals surface area contributed by atoms with Crippen LogP contribution in [0.15, 0.2) is 4.99 Å². The van der Waals surface area contributed by atoms with Crippen molar-refractivity contribution in [2.45, 2.75) is 32.6 Å². The van der Waals surface area contributed by atoms with Crippen LogP contribution in [0.1, 0.15) is 32.6 Å². The van der Waals surface area contributed by atoms with Gasteiger partial charge in [0.05, 0.1) is 11.3 Å². The van der Waals surface area contributed by atoms with Crippen molar-refractivity contribution < 1.29 is 4.79 Å². The number of rotatable bonds is 0. The Labute approximate surface area is 97.1 Å². The fourth-order valence-corrected chi connectivity index (χ4v) is 2.81. The third-order valence-corrected chi connectivity index (χ3v) is 4.10. The molecule has 0 aliphatic carbocycles. The number of amidine groups is 1. The van der Waals surface area contributed by atoms with Crippen molar-refractivity contribution in [3.63, 3.8) is 0 Å². The number of nitrogens with one attached hydrogen (secondary N) is 1. The molecule has 0 saturated carbocycles. The summed E-state index contributed by atoms with van der Waals surface area (Å²) >= 11 is 0. The zero-order chi connectivity index (χ0) is 11.6. The highest BCUT2D eigenvalue weighted by atomic mass is 16.2. The van der Waals surface area contributed by atoms with Crippen LogP contribution in [0.2, 0.25) is 0 Å². The highest BCUT2D eigenvalue weighted by molar-refractivity contribution is 5.84. The summed E-state index contributed by atoms with van der Waals surface area (Å²) < 4.78 is 0. The van der Waals surface area contributed by atoms with Gasteiger partial charge in [0.2, 0.25) is 5.91 Å². The molecule has 90 valence electrons. The SMILES string of the molecule is CN=C(C)N1CCC2(CCCNC2=O)CC1. The van der Waals surface area contributed by atoms with Crippen LogP contribution in [0.5, 0.6) is 0 Å². The topological polar surface area (TPSA) is 44.7 Å². The first kappa shape index (κ1) is 11.4. The van der Waals surface area contributed by atoms with Gasteiger partial charge >= 0.3 is 0 Å². The Bertz CT molecular complexity index is 303. The molecule has 0 bridgehead atoms. The largest absolute Gasteiger partial charge is 0.361 e. The first-order valence-electron chi connectivity index (χ1n) is 6.15. The van der Waals surface area contributed by atoms with Crippen molar-refractivity contribution in [2.24, 2.45) is 10.4 Å². The summed E-state index contributed by atoms with van der Waals surface area (Å²) in [7, 11) is 1.83. The molecule has 16 heavy (non-hydrogen) atoms. The first-order chi connectivity index (χ1) is 7.68. The smallest absolute Gasteiger partial charge is 0.226 e. The third kappa shape index (κ3) is 1.93. The Hall–Kier alpha value is -1.06. The Morgan fingerprint density at radius 2 is 2.06 bits per heavy atom. The molecule has 2 heterocycles. The molecule has 0 aromatic carbocycles. The molecule has 2 aliphatic rings. The van der Waals surface area contributed by atoms with Gasteiger partial charge in [-0.3, -0.25) is 9.79 Å². The van der Waals surface area contributed by atoms with Gasteiger partial charge in [-0.05, 0) is 32.6 Å². The summed E-state index contributed by atoms with van der Waals surface area (Å²) in [4.78, 5) is 18.4. The van der Waals surface area contributed by atoms with E-state index in [9.17, 15) is 4.79 Å². The molecule has 1 amide bonds. The van der Waals surface area contributed by atoms with Crippen molar-refractivity contribution >= 4 is 11.7 Å². The second kappa shape index (κ2) is 4.44. The van der Waals surface area contributed by atoms with E-state index in [0.29, 0.717) is 0 Å². The summed E-state index contributed by atoms with van der Waals surface area (Å²) in [5.41, 5.74) is -0.0667. The Balaban J connectivity index is 2.00. The van der Waals surface area contributed by atoms with E-state index in [-0.39, 0.29) is 11.3 Å². The van der Waals surface area contributed by atoms with Crippen LogP contribution in [0.3, 0.4) is 0 Å². The molecular formula is C12H21N3O. The maximum atomic E-state index is 12.0. The van der Waals surface area contributed by atoms with Crippen LogP contribution in [-0.4, -0.2) is 43.3 Å². The molecule has 2 rings (SSSR count). The van der Waals surface area contributed by atoms with E-state index in [1.54, 1.807) is 0 Å². The number of aliphatic imine (C=N–C) groups is 1. The Kier molecular flexibility index (Phi) is 3.17. The van der Waals surface area contributed by atoms with Crippen molar-refractivity contribution in [1.29, 1.82) is 0 Å². The molecular weight excluding hydrogens is 202 g/mol. The van der Waals surface area contributed by atoms with Crippen molar-refractivity contribution in [2.75, 3.05) is 26.7 Å². The lowest BCUT2D eigenvalue weighted by atomic mass is 9.72.